The van der Waals surface area contributed by atoms with Crippen LogP contribution in [0.5, 0.6) is 0 Å². The Morgan fingerprint density at radius 1 is 0.429 bits per heavy atom. The van der Waals surface area contributed by atoms with Crippen LogP contribution in [0.15, 0.2) is 0 Å². The third-order valence-corrected chi connectivity index (χ3v) is 3.85. The first-order valence-corrected chi connectivity index (χ1v) is 8.69. The normalized spacial score (nSPS) is 10.7. The van der Waals surface area contributed by atoms with E-state index in [2.05, 4.69) is 0 Å². The first-order valence-electron chi connectivity index (χ1n) is 8.69. The molecule has 4 heteroatoms. The highest BCUT2D eigenvalue weighted by atomic mass is 16.1. The standard InChI is InChI=1S/C17H34N2O2/c18-16(20)14-12-10-8-6-4-2-1-3-5-7-9-11-13-15-17(19)21/h1-15H2,(H2,18,20)(H2,19,21). The number of amides is 2. The van der Waals surface area contributed by atoms with E-state index < -0.39 is 0 Å². The summed E-state index contributed by atoms with van der Waals surface area (Å²) in [5, 5.41) is 0. The Morgan fingerprint density at radius 3 is 0.810 bits per heavy atom. The fraction of sp³-hybridized carbons (Fsp3) is 0.882. The van der Waals surface area contributed by atoms with E-state index in [9.17, 15) is 9.59 Å². The molecule has 0 saturated carbocycles. The zero-order chi connectivity index (χ0) is 15.8. The van der Waals surface area contributed by atoms with Crippen LogP contribution >= 0.6 is 0 Å². The summed E-state index contributed by atoms with van der Waals surface area (Å²) < 4.78 is 0. The molecule has 0 atom stereocenters. The first-order chi connectivity index (χ1) is 10.1. The zero-order valence-corrected chi connectivity index (χ0v) is 13.6. The second-order valence-corrected chi connectivity index (χ2v) is 6.03. The van der Waals surface area contributed by atoms with Gasteiger partial charge in [-0.25, -0.2) is 0 Å². The molecule has 0 rings (SSSR count). The molecule has 0 radical (unpaired) electrons. The van der Waals surface area contributed by atoms with Crippen molar-refractivity contribution >= 4 is 11.8 Å². The molecule has 0 bridgehead atoms. The highest BCUT2D eigenvalue weighted by molar-refractivity contribution is 5.73. The molecule has 0 aromatic carbocycles. The van der Waals surface area contributed by atoms with E-state index in [-0.39, 0.29) is 11.8 Å². The van der Waals surface area contributed by atoms with Crippen LogP contribution in [0.4, 0.5) is 0 Å². The molecule has 0 saturated heterocycles. The molecule has 21 heavy (non-hydrogen) atoms. The highest BCUT2D eigenvalue weighted by Gasteiger charge is 1.97. The lowest BCUT2D eigenvalue weighted by Crippen LogP contribution is -2.09. The Hall–Kier alpha value is -1.06. The molecule has 2 amide bonds. The van der Waals surface area contributed by atoms with Crippen molar-refractivity contribution < 1.29 is 9.59 Å². The minimum atomic E-state index is -0.176. The van der Waals surface area contributed by atoms with E-state index in [0.717, 1.165) is 25.7 Å². The quantitative estimate of drug-likeness (QED) is 0.424. The lowest BCUT2D eigenvalue weighted by Gasteiger charge is -2.03. The highest BCUT2D eigenvalue weighted by Crippen LogP contribution is 2.13. The van der Waals surface area contributed by atoms with E-state index in [0.29, 0.717) is 12.8 Å². The third kappa shape index (κ3) is 18.9. The second-order valence-electron chi connectivity index (χ2n) is 6.03. The van der Waals surface area contributed by atoms with Gasteiger partial charge in [0, 0.05) is 12.8 Å². The predicted octanol–water partition coefficient (Wildman–Crippen LogP) is 3.81. The van der Waals surface area contributed by atoms with Crippen molar-refractivity contribution in [3.05, 3.63) is 0 Å². The fourth-order valence-electron chi connectivity index (χ4n) is 2.54. The number of nitrogens with two attached hydrogens (primary N) is 2. The molecule has 0 spiro atoms. The van der Waals surface area contributed by atoms with Crippen LogP contribution in [-0.2, 0) is 9.59 Å². The Labute approximate surface area is 130 Å². The number of carbonyl (C=O) groups is 2. The van der Waals surface area contributed by atoms with E-state index >= 15 is 0 Å². The molecular weight excluding hydrogens is 264 g/mol. The van der Waals surface area contributed by atoms with Gasteiger partial charge in [-0.1, -0.05) is 70.6 Å². The Kier molecular flexibility index (Phi) is 14.6. The van der Waals surface area contributed by atoms with Crippen molar-refractivity contribution in [1.29, 1.82) is 0 Å². The number of unbranched alkanes of at least 4 members (excludes halogenated alkanes) is 12. The summed E-state index contributed by atoms with van der Waals surface area (Å²) in [6.45, 7) is 0. The van der Waals surface area contributed by atoms with Crippen LogP contribution in [0.2, 0.25) is 0 Å². The van der Waals surface area contributed by atoms with Gasteiger partial charge in [0.1, 0.15) is 0 Å². The summed E-state index contributed by atoms with van der Waals surface area (Å²) in [6, 6.07) is 0. The summed E-state index contributed by atoms with van der Waals surface area (Å²) in [6.07, 6.45) is 16.9. The maximum absolute atomic E-state index is 10.5. The van der Waals surface area contributed by atoms with Crippen molar-refractivity contribution in [3.63, 3.8) is 0 Å². The number of hydrogen-bond donors (Lipinski definition) is 2. The van der Waals surface area contributed by atoms with E-state index in [4.69, 9.17) is 11.5 Å². The number of rotatable bonds is 16. The third-order valence-electron chi connectivity index (χ3n) is 3.85. The van der Waals surface area contributed by atoms with Crippen molar-refractivity contribution in [2.75, 3.05) is 0 Å². The van der Waals surface area contributed by atoms with Gasteiger partial charge in [-0.3, -0.25) is 9.59 Å². The topological polar surface area (TPSA) is 86.2 Å². The van der Waals surface area contributed by atoms with Gasteiger partial charge < -0.3 is 11.5 Å². The number of hydrogen-bond acceptors (Lipinski definition) is 2. The van der Waals surface area contributed by atoms with Crippen molar-refractivity contribution in [2.45, 2.75) is 96.3 Å². The van der Waals surface area contributed by atoms with Crippen LogP contribution in [0.25, 0.3) is 0 Å². The summed E-state index contributed by atoms with van der Waals surface area (Å²) >= 11 is 0. The van der Waals surface area contributed by atoms with Crippen LogP contribution in [0.1, 0.15) is 96.3 Å². The molecule has 0 aliphatic heterocycles. The largest absolute Gasteiger partial charge is 0.370 e. The summed E-state index contributed by atoms with van der Waals surface area (Å²) in [5.74, 6) is -0.353. The van der Waals surface area contributed by atoms with E-state index in [1.54, 1.807) is 0 Å². The van der Waals surface area contributed by atoms with Gasteiger partial charge in [0.25, 0.3) is 0 Å². The fourth-order valence-corrected chi connectivity index (χ4v) is 2.54. The molecular formula is C17H34N2O2. The average molecular weight is 298 g/mol. The van der Waals surface area contributed by atoms with E-state index in [1.165, 1.54) is 57.8 Å². The number of carbonyl (C=O) groups excluding carboxylic acids is 2. The predicted molar refractivity (Wildman–Crippen MR) is 87.6 cm³/mol. The van der Waals surface area contributed by atoms with Gasteiger partial charge in [-0.05, 0) is 12.8 Å². The Bertz CT molecular complexity index is 242. The monoisotopic (exact) mass is 298 g/mol. The first kappa shape index (κ1) is 19.9. The molecule has 0 aromatic rings. The van der Waals surface area contributed by atoms with Crippen molar-refractivity contribution in [1.82, 2.24) is 0 Å². The molecule has 4 N–H and O–H groups in total. The second kappa shape index (κ2) is 15.3. The van der Waals surface area contributed by atoms with Crippen LogP contribution in [0, 0.1) is 0 Å². The van der Waals surface area contributed by atoms with Crippen molar-refractivity contribution in [2.24, 2.45) is 11.5 Å². The van der Waals surface area contributed by atoms with Gasteiger partial charge >= 0.3 is 0 Å². The van der Waals surface area contributed by atoms with Crippen LogP contribution in [0.3, 0.4) is 0 Å². The Morgan fingerprint density at radius 2 is 0.619 bits per heavy atom. The lowest BCUT2D eigenvalue weighted by molar-refractivity contribution is -0.119. The Balaban J connectivity index is 2.99. The summed E-state index contributed by atoms with van der Waals surface area (Å²) in [5.41, 5.74) is 10.2. The molecule has 0 aliphatic rings. The van der Waals surface area contributed by atoms with Gasteiger partial charge in [0.15, 0.2) is 0 Å². The van der Waals surface area contributed by atoms with E-state index in [1.807, 2.05) is 0 Å². The van der Waals surface area contributed by atoms with Crippen molar-refractivity contribution in [3.8, 4) is 0 Å². The van der Waals surface area contributed by atoms with Crippen LogP contribution < -0.4 is 11.5 Å². The minimum Gasteiger partial charge on any atom is -0.370 e. The molecule has 124 valence electrons. The SMILES string of the molecule is NC(=O)CCCCCCCCCCCCCCCC(N)=O. The molecule has 0 aliphatic carbocycles. The van der Waals surface area contributed by atoms with Gasteiger partial charge in [-0.15, -0.1) is 0 Å². The van der Waals surface area contributed by atoms with Crippen LogP contribution in [-0.4, -0.2) is 11.8 Å². The minimum absolute atomic E-state index is 0.176. The smallest absolute Gasteiger partial charge is 0.217 e. The number of primary amides is 2. The van der Waals surface area contributed by atoms with Gasteiger partial charge in [-0.2, -0.15) is 0 Å². The molecule has 0 aromatic heterocycles. The van der Waals surface area contributed by atoms with Gasteiger partial charge in [0.05, 0.1) is 0 Å². The maximum atomic E-state index is 10.5. The average Bonchev–Trinajstić information content (AvgIpc) is 2.42. The summed E-state index contributed by atoms with van der Waals surface area (Å²) in [4.78, 5) is 21.1. The maximum Gasteiger partial charge on any atom is 0.217 e. The molecule has 0 unspecified atom stereocenters. The van der Waals surface area contributed by atoms with Gasteiger partial charge in [0.2, 0.25) is 11.8 Å². The molecule has 4 nitrogen and oxygen atoms in total. The molecule has 0 heterocycles. The lowest BCUT2D eigenvalue weighted by atomic mass is 10.0. The summed E-state index contributed by atoms with van der Waals surface area (Å²) in [7, 11) is 0. The zero-order valence-electron chi connectivity index (χ0n) is 13.6. The molecule has 0 fully saturated rings.